The van der Waals surface area contributed by atoms with Crippen molar-refractivity contribution in [3.05, 3.63) is 59.7 Å². The summed E-state index contributed by atoms with van der Waals surface area (Å²) in [6.07, 6.45) is 2.42. The van der Waals surface area contributed by atoms with Gasteiger partial charge in [0.2, 0.25) is 5.91 Å². The summed E-state index contributed by atoms with van der Waals surface area (Å²) in [4.78, 5) is 27.6. The number of ether oxygens (including phenoxy) is 2. The molecule has 0 aromatic heterocycles. The van der Waals surface area contributed by atoms with E-state index in [2.05, 4.69) is 12.2 Å². The van der Waals surface area contributed by atoms with Gasteiger partial charge in [-0.2, -0.15) is 0 Å². The maximum absolute atomic E-state index is 13.2. The Morgan fingerprint density at radius 2 is 1.81 bits per heavy atom. The molecule has 2 aromatic rings. The maximum atomic E-state index is 13.2. The fourth-order valence-corrected chi connectivity index (χ4v) is 3.29. The highest BCUT2D eigenvalue weighted by atomic mass is 16.5. The van der Waals surface area contributed by atoms with Crippen molar-refractivity contribution in [2.45, 2.75) is 52.6 Å². The molecule has 31 heavy (non-hydrogen) atoms. The van der Waals surface area contributed by atoms with Crippen molar-refractivity contribution in [3.63, 3.8) is 0 Å². The Morgan fingerprint density at radius 3 is 2.42 bits per heavy atom. The minimum Gasteiger partial charge on any atom is -0.497 e. The second-order valence-corrected chi connectivity index (χ2v) is 7.54. The highest BCUT2D eigenvalue weighted by molar-refractivity contribution is 5.88. The number of unbranched alkanes of at least 4 members (excludes halogenated alkanes) is 1. The molecule has 0 unspecified atom stereocenters. The number of benzene rings is 2. The lowest BCUT2D eigenvalue weighted by Gasteiger charge is -2.30. The van der Waals surface area contributed by atoms with Crippen molar-refractivity contribution in [1.82, 2.24) is 10.2 Å². The summed E-state index contributed by atoms with van der Waals surface area (Å²) in [6.45, 7) is 6.76. The highest BCUT2D eigenvalue weighted by Crippen LogP contribution is 2.17. The number of nitrogens with one attached hydrogen (secondary N) is 1. The SMILES string of the molecule is CCCCNC(=O)[C@H](CC)N(Cc1ccc(OC)cc1)C(=O)COc1cccc(C)c1. The zero-order valence-electron chi connectivity index (χ0n) is 19.0. The van der Waals surface area contributed by atoms with E-state index in [0.29, 0.717) is 25.3 Å². The minimum atomic E-state index is -0.562. The summed E-state index contributed by atoms with van der Waals surface area (Å²) < 4.78 is 10.9. The summed E-state index contributed by atoms with van der Waals surface area (Å²) in [5.74, 6) is 1.02. The molecule has 2 amide bonds. The average molecular weight is 427 g/mol. The van der Waals surface area contributed by atoms with E-state index >= 15 is 0 Å². The van der Waals surface area contributed by atoms with Gasteiger partial charge >= 0.3 is 0 Å². The number of rotatable bonds is 12. The van der Waals surface area contributed by atoms with Crippen LogP contribution >= 0.6 is 0 Å². The van der Waals surface area contributed by atoms with Crippen LogP contribution in [0.3, 0.4) is 0 Å². The van der Waals surface area contributed by atoms with Gasteiger partial charge in [0.1, 0.15) is 17.5 Å². The van der Waals surface area contributed by atoms with Crippen molar-refractivity contribution < 1.29 is 19.1 Å². The molecule has 0 aliphatic heterocycles. The van der Waals surface area contributed by atoms with Crippen molar-refractivity contribution in [1.29, 1.82) is 0 Å². The van der Waals surface area contributed by atoms with Crippen LogP contribution < -0.4 is 14.8 Å². The summed E-state index contributed by atoms with van der Waals surface area (Å²) in [5.41, 5.74) is 1.98. The van der Waals surface area contributed by atoms with Gasteiger partial charge in [-0.3, -0.25) is 9.59 Å². The third kappa shape index (κ3) is 7.63. The Bertz CT molecular complexity index is 836. The lowest BCUT2D eigenvalue weighted by molar-refractivity contribution is -0.143. The van der Waals surface area contributed by atoms with Crippen molar-refractivity contribution in [2.24, 2.45) is 0 Å². The Morgan fingerprint density at radius 1 is 1.06 bits per heavy atom. The fraction of sp³-hybridized carbons (Fsp3) is 0.440. The average Bonchev–Trinajstić information content (AvgIpc) is 2.78. The molecular weight excluding hydrogens is 392 g/mol. The number of carbonyl (C=O) groups excluding carboxylic acids is 2. The molecule has 0 radical (unpaired) electrons. The number of hydrogen-bond donors (Lipinski definition) is 1. The molecule has 2 aromatic carbocycles. The molecule has 0 aliphatic carbocycles. The summed E-state index contributed by atoms with van der Waals surface area (Å²) in [7, 11) is 1.61. The van der Waals surface area contributed by atoms with Gasteiger partial charge in [-0.15, -0.1) is 0 Å². The van der Waals surface area contributed by atoms with Crippen molar-refractivity contribution in [2.75, 3.05) is 20.3 Å². The lowest BCUT2D eigenvalue weighted by atomic mass is 10.1. The third-order valence-corrected chi connectivity index (χ3v) is 5.08. The number of nitrogens with zero attached hydrogens (tertiary/aromatic N) is 1. The zero-order chi connectivity index (χ0) is 22.6. The summed E-state index contributed by atoms with van der Waals surface area (Å²) in [6, 6.07) is 14.5. The monoisotopic (exact) mass is 426 g/mol. The number of methoxy groups -OCH3 is 1. The standard InChI is InChI=1S/C25H34N2O4/c1-5-7-15-26-25(29)23(6-2)27(17-20-11-13-21(30-4)14-12-20)24(28)18-31-22-10-8-9-19(3)16-22/h8-14,16,23H,5-7,15,17-18H2,1-4H3,(H,26,29)/t23-/m0/s1. The molecule has 6 heteroatoms. The molecular formula is C25H34N2O4. The molecule has 0 fully saturated rings. The van der Waals surface area contributed by atoms with E-state index in [0.717, 1.165) is 29.7 Å². The van der Waals surface area contributed by atoms with Crippen LogP contribution in [0.25, 0.3) is 0 Å². The molecule has 6 nitrogen and oxygen atoms in total. The first kappa shape index (κ1) is 24.3. The van der Waals surface area contributed by atoms with E-state index in [9.17, 15) is 9.59 Å². The van der Waals surface area contributed by atoms with Crippen LogP contribution in [0, 0.1) is 6.92 Å². The Hall–Kier alpha value is -3.02. The maximum Gasteiger partial charge on any atom is 0.261 e. The Labute approximate surface area is 185 Å². The lowest BCUT2D eigenvalue weighted by Crippen LogP contribution is -2.50. The van der Waals surface area contributed by atoms with E-state index in [1.165, 1.54) is 0 Å². The van der Waals surface area contributed by atoms with Crippen LogP contribution in [0.15, 0.2) is 48.5 Å². The van der Waals surface area contributed by atoms with Crippen molar-refractivity contribution >= 4 is 11.8 Å². The molecule has 0 saturated heterocycles. The quantitative estimate of drug-likeness (QED) is 0.519. The first-order valence-electron chi connectivity index (χ1n) is 10.9. The Balaban J connectivity index is 2.17. The number of aryl methyl sites for hydroxylation is 1. The van der Waals surface area contributed by atoms with Crippen LogP contribution in [-0.2, 0) is 16.1 Å². The Kier molecular flexibility index (Phi) is 9.88. The second kappa shape index (κ2) is 12.6. The van der Waals surface area contributed by atoms with Crippen molar-refractivity contribution in [3.8, 4) is 11.5 Å². The van der Waals surface area contributed by atoms with Crippen LogP contribution in [0.2, 0.25) is 0 Å². The largest absolute Gasteiger partial charge is 0.497 e. The van der Waals surface area contributed by atoms with Gasteiger partial charge in [0, 0.05) is 13.1 Å². The van der Waals surface area contributed by atoms with E-state index in [1.807, 2.05) is 62.4 Å². The van der Waals surface area contributed by atoms with Gasteiger partial charge in [0.05, 0.1) is 7.11 Å². The molecule has 2 rings (SSSR count). The molecule has 1 N–H and O–H groups in total. The van der Waals surface area contributed by atoms with Crippen LogP contribution in [0.4, 0.5) is 0 Å². The number of hydrogen-bond acceptors (Lipinski definition) is 4. The first-order valence-corrected chi connectivity index (χ1v) is 10.9. The molecule has 0 bridgehead atoms. The first-order chi connectivity index (χ1) is 15.0. The zero-order valence-corrected chi connectivity index (χ0v) is 19.0. The van der Waals surface area contributed by atoms with E-state index < -0.39 is 6.04 Å². The van der Waals surface area contributed by atoms with Gasteiger partial charge in [-0.05, 0) is 55.2 Å². The summed E-state index contributed by atoms with van der Waals surface area (Å²) in [5, 5.41) is 2.96. The van der Waals surface area contributed by atoms with E-state index in [4.69, 9.17) is 9.47 Å². The fourth-order valence-electron chi connectivity index (χ4n) is 3.29. The third-order valence-electron chi connectivity index (χ3n) is 5.08. The summed E-state index contributed by atoms with van der Waals surface area (Å²) >= 11 is 0. The molecule has 0 aliphatic rings. The van der Waals surface area contributed by atoms with Gasteiger partial charge in [0.25, 0.3) is 5.91 Å². The normalized spacial score (nSPS) is 11.5. The number of amides is 2. The molecule has 0 saturated carbocycles. The van der Waals surface area contributed by atoms with Crippen LogP contribution in [0.1, 0.15) is 44.2 Å². The minimum absolute atomic E-state index is 0.127. The molecule has 168 valence electrons. The molecule has 0 heterocycles. The number of carbonyl (C=O) groups is 2. The predicted octanol–water partition coefficient (Wildman–Crippen LogP) is 4.11. The predicted molar refractivity (Wildman–Crippen MR) is 122 cm³/mol. The van der Waals surface area contributed by atoms with Gasteiger partial charge in [-0.1, -0.05) is 44.5 Å². The topological polar surface area (TPSA) is 67.9 Å². The van der Waals surface area contributed by atoms with E-state index in [1.54, 1.807) is 12.0 Å². The second-order valence-electron chi connectivity index (χ2n) is 7.54. The van der Waals surface area contributed by atoms with Crippen LogP contribution in [-0.4, -0.2) is 43.0 Å². The van der Waals surface area contributed by atoms with Gasteiger partial charge in [0.15, 0.2) is 6.61 Å². The molecule has 1 atom stereocenters. The van der Waals surface area contributed by atoms with E-state index in [-0.39, 0.29) is 18.4 Å². The molecule has 0 spiro atoms. The van der Waals surface area contributed by atoms with Gasteiger partial charge in [-0.25, -0.2) is 0 Å². The van der Waals surface area contributed by atoms with Gasteiger partial charge < -0.3 is 19.7 Å². The van der Waals surface area contributed by atoms with Crippen LogP contribution in [0.5, 0.6) is 11.5 Å². The highest BCUT2D eigenvalue weighted by Gasteiger charge is 2.28. The smallest absolute Gasteiger partial charge is 0.261 e.